The average molecular weight is 228 g/mol. The Labute approximate surface area is 93.3 Å². The van der Waals surface area contributed by atoms with Crippen LogP contribution in [0.5, 0.6) is 0 Å². The van der Waals surface area contributed by atoms with E-state index in [4.69, 9.17) is 10.9 Å². The molecule has 1 aromatic rings. The van der Waals surface area contributed by atoms with Gasteiger partial charge in [-0.3, -0.25) is 4.68 Å². The minimum Gasteiger partial charge on any atom is -0.409 e. The molecule has 0 fully saturated rings. The van der Waals surface area contributed by atoms with Crippen molar-refractivity contribution in [3.05, 3.63) is 11.3 Å². The van der Waals surface area contributed by atoms with E-state index < -0.39 is 0 Å². The zero-order valence-corrected chi connectivity index (χ0v) is 10.0. The van der Waals surface area contributed by atoms with E-state index in [1.165, 1.54) is 0 Å². The zero-order valence-electron chi connectivity index (χ0n) is 9.19. The molecule has 0 saturated carbocycles. The van der Waals surface area contributed by atoms with Crippen LogP contribution in [0.4, 0.5) is 0 Å². The molecule has 0 spiro atoms. The van der Waals surface area contributed by atoms with Crippen LogP contribution < -0.4 is 5.73 Å². The van der Waals surface area contributed by atoms with E-state index in [1.54, 1.807) is 16.4 Å². The maximum Gasteiger partial charge on any atom is 0.174 e. The molecular weight excluding hydrogens is 212 g/mol. The second-order valence-electron chi connectivity index (χ2n) is 3.22. The van der Waals surface area contributed by atoms with Crippen molar-refractivity contribution < 1.29 is 5.21 Å². The molecule has 3 N–H and O–H groups in total. The molecule has 0 saturated heterocycles. The molecule has 0 amide bonds. The summed E-state index contributed by atoms with van der Waals surface area (Å²) in [6, 6.07) is 0. The first-order chi connectivity index (χ1) is 7.11. The molecule has 1 rings (SSSR count). The number of aromatic nitrogens is 2. The van der Waals surface area contributed by atoms with Gasteiger partial charge in [0.1, 0.15) is 5.03 Å². The lowest BCUT2D eigenvalue weighted by Gasteiger charge is -2.03. The van der Waals surface area contributed by atoms with Gasteiger partial charge < -0.3 is 10.9 Å². The Morgan fingerprint density at radius 1 is 1.67 bits per heavy atom. The number of rotatable bonds is 4. The van der Waals surface area contributed by atoms with Gasteiger partial charge in [-0.15, -0.1) is 11.8 Å². The van der Waals surface area contributed by atoms with Crippen molar-refractivity contribution >= 4 is 17.6 Å². The Bertz CT molecular complexity index is 372. The number of nitrogens with two attached hydrogens (primary N) is 1. The van der Waals surface area contributed by atoms with E-state index in [9.17, 15) is 0 Å². The molecule has 1 heterocycles. The molecule has 15 heavy (non-hydrogen) atoms. The summed E-state index contributed by atoms with van der Waals surface area (Å²) in [5, 5.41) is 16.9. The highest BCUT2D eigenvalue weighted by Crippen LogP contribution is 2.25. The van der Waals surface area contributed by atoms with Crippen LogP contribution in [0, 0.1) is 6.92 Å². The van der Waals surface area contributed by atoms with Gasteiger partial charge in [0, 0.05) is 7.05 Å². The van der Waals surface area contributed by atoms with Gasteiger partial charge in [0.05, 0.1) is 11.3 Å². The number of oxime groups is 1. The normalized spacial score (nSPS) is 12.1. The molecule has 0 aliphatic carbocycles. The van der Waals surface area contributed by atoms with E-state index in [0.29, 0.717) is 0 Å². The predicted molar refractivity (Wildman–Crippen MR) is 61.5 cm³/mol. The van der Waals surface area contributed by atoms with Crippen LogP contribution in [-0.4, -0.2) is 26.6 Å². The second-order valence-corrected chi connectivity index (χ2v) is 4.31. The van der Waals surface area contributed by atoms with Gasteiger partial charge in [-0.05, 0) is 19.1 Å². The standard InChI is InChI=1S/C9H16N4OS/c1-4-5-15-9-7(8(10)12-14)6(2)11-13(9)3/h14H,4-5H2,1-3H3,(H2,10,12). The summed E-state index contributed by atoms with van der Waals surface area (Å²) in [6.07, 6.45) is 1.07. The number of hydrogen-bond acceptors (Lipinski definition) is 4. The van der Waals surface area contributed by atoms with Gasteiger partial charge in [-0.1, -0.05) is 12.1 Å². The summed E-state index contributed by atoms with van der Waals surface area (Å²) in [7, 11) is 1.86. The van der Waals surface area contributed by atoms with Gasteiger partial charge >= 0.3 is 0 Å². The van der Waals surface area contributed by atoms with Crippen LogP contribution >= 0.6 is 11.8 Å². The van der Waals surface area contributed by atoms with Crippen LogP contribution in [0.1, 0.15) is 24.6 Å². The fraction of sp³-hybridized carbons (Fsp3) is 0.556. The fourth-order valence-corrected chi connectivity index (χ4v) is 2.37. The summed E-state index contributed by atoms with van der Waals surface area (Å²) in [6.45, 7) is 3.96. The van der Waals surface area contributed by atoms with Crippen molar-refractivity contribution in [2.45, 2.75) is 25.3 Å². The molecule has 1 aromatic heterocycles. The number of hydrogen-bond donors (Lipinski definition) is 2. The van der Waals surface area contributed by atoms with E-state index in [1.807, 2.05) is 14.0 Å². The molecule has 0 unspecified atom stereocenters. The summed E-state index contributed by atoms with van der Waals surface area (Å²) in [5.74, 6) is 1.12. The van der Waals surface area contributed by atoms with Crippen LogP contribution in [0.25, 0.3) is 0 Å². The summed E-state index contributed by atoms with van der Waals surface area (Å²) >= 11 is 1.67. The zero-order chi connectivity index (χ0) is 11.4. The maximum atomic E-state index is 8.69. The molecule has 0 atom stereocenters. The van der Waals surface area contributed by atoms with E-state index in [0.717, 1.165) is 28.5 Å². The van der Waals surface area contributed by atoms with E-state index in [2.05, 4.69) is 17.2 Å². The van der Waals surface area contributed by atoms with Crippen LogP contribution in [0.3, 0.4) is 0 Å². The molecule has 0 aliphatic heterocycles. The third kappa shape index (κ3) is 2.44. The third-order valence-corrected chi connectivity index (χ3v) is 3.33. The minimum atomic E-state index is 0.124. The first kappa shape index (κ1) is 11.9. The van der Waals surface area contributed by atoms with Crippen molar-refractivity contribution in [2.24, 2.45) is 17.9 Å². The average Bonchev–Trinajstić information content (AvgIpc) is 2.49. The van der Waals surface area contributed by atoms with Crippen LogP contribution in [0.2, 0.25) is 0 Å². The Kier molecular flexibility index (Phi) is 4.02. The maximum absolute atomic E-state index is 8.69. The molecule has 5 nitrogen and oxygen atoms in total. The van der Waals surface area contributed by atoms with Crippen molar-refractivity contribution in [1.82, 2.24) is 9.78 Å². The summed E-state index contributed by atoms with van der Waals surface area (Å²) in [5.41, 5.74) is 7.13. The Morgan fingerprint density at radius 2 is 2.33 bits per heavy atom. The van der Waals surface area contributed by atoms with Crippen LogP contribution in [0.15, 0.2) is 10.2 Å². The van der Waals surface area contributed by atoms with E-state index in [-0.39, 0.29) is 5.84 Å². The van der Waals surface area contributed by atoms with Gasteiger partial charge in [-0.2, -0.15) is 5.10 Å². The lowest BCUT2D eigenvalue weighted by molar-refractivity contribution is 0.318. The van der Waals surface area contributed by atoms with Gasteiger partial charge in [0.25, 0.3) is 0 Å². The number of thioether (sulfide) groups is 1. The Morgan fingerprint density at radius 3 is 2.87 bits per heavy atom. The van der Waals surface area contributed by atoms with Crippen LogP contribution in [-0.2, 0) is 7.05 Å². The van der Waals surface area contributed by atoms with Gasteiger partial charge in [0.15, 0.2) is 5.84 Å². The van der Waals surface area contributed by atoms with Crippen molar-refractivity contribution in [2.75, 3.05) is 5.75 Å². The predicted octanol–water partition coefficient (Wildman–Crippen LogP) is 1.33. The lowest BCUT2D eigenvalue weighted by Crippen LogP contribution is -2.15. The molecule has 6 heteroatoms. The summed E-state index contributed by atoms with van der Waals surface area (Å²) < 4.78 is 1.77. The van der Waals surface area contributed by atoms with Crippen molar-refractivity contribution in [1.29, 1.82) is 0 Å². The molecule has 0 aromatic carbocycles. The lowest BCUT2D eigenvalue weighted by atomic mass is 10.2. The largest absolute Gasteiger partial charge is 0.409 e. The minimum absolute atomic E-state index is 0.124. The smallest absolute Gasteiger partial charge is 0.174 e. The topological polar surface area (TPSA) is 76.4 Å². The molecule has 84 valence electrons. The molecular formula is C9H16N4OS. The molecule has 0 aliphatic rings. The first-order valence-corrected chi connectivity index (χ1v) is 5.74. The fourth-order valence-electron chi connectivity index (χ4n) is 1.35. The molecule has 0 radical (unpaired) electrons. The summed E-state index contributed by atoms with van der Waals surface area (Å²) in [4.78, 5) is 0. The quantitative estimate of drug-likeness (QED) is 0.268. The SMILES string of the molecule is CCCSc1c(C(N)=NO)c(C)nn1C. The number of aryl methyl sites for hydroxylation is 2. The Hall–Kier alpha value is -1.17. The van der Waals surface area contributed by atoms with Gasteiger partial charge in [-0.25, -0.2) is 0 Å². The Balaban J connectivity index is 3.11. The van der Waals surface area contributed by atoms with Gasteiger partial charge in [0.2, 0.25) is 0 Å². The van der Waals surface area contributed by atoms with E-state index >= 15 is 0 Å². The molecule has 0 bridgehead atoms. The van der Waals surface area contributed by atoms with Crippen molar-refractivity contribution in [3.63, 3.8) is 0 Å². The van der Waals surface area contributed by atoms with Crippen molar-refractivity contribution in [3.8, 4) is 0 Å². The monoisotopic (exact) mass is 228 g/mol. The number of nitrogens with zero attached hydrogens (tertiary/aromatic N) is 3. The highest BCUT2D eigenvalue weighted by atomic mass is 32.2. The highest BCUT2D eigenvalue weighted by Gasteiger charge is 2.16. The number of amidine groups is 1. The first-order valence-electron chi connectivity index (χ1n) is 4.76. The highest BCUT2D eigenvalue weighted by molar-refractivity contribution is 7.99. The second kappa shape index (κ2) is 5.06. The third-order valence-electron chi connectivity index (χ3n) is 1.98.